The smallest absolute Gasteiger partial charge is 0.175 e. The molecule has 134 valence electrons. The highest BCUT2D eigenvalue weighted by Gasteiger charge is 2.18. The minimum absolute atomic E-state index is 0.0824. The second-order valence-electron chi connectivity index (χ2n) is 6.04. The molecule has 3 rings (SSSR count). The lowest BCUT2D eigenvalue weighted by Gasteiger charge is -2.13. The Morgan fingerprint density at radius 1 is 0.885 bits per heavy atom. The molecule has 0 aliphatic carbocycles. The van der Waals surface area contributed by atoms with Gasteiger partial charge in [-0.2, -0.15) is 0 Å². The lowest BCUT2D eigenvalue weighted by Crippen LogP contribution is -1.97. The molecule has 0 fully saturated rings. The third-order valence-electron chi connectivity index (χ3n) is 4.15. The van der Waals surface area contributed by atoms with Crippen molar-refractivity contribution >= 4 is 21.4 Å². The Bertz CT molecular complexity index is 1090. The average molecular weight is 393 g/mol. The average Bonchev–Trinajstić information content (AvgIpc) is 2.59. The van der Waals surface area contributed by atoms with Gasteiger partial charge in [-0.05, 0) is 53.4 Å². The zero-order valence-corrected chi connectivity index (χ0v) is 15.6. The van der Waals surface area contributed by atoms with E-state index in [4.69, 9.17) is 11.6 Å². The highest BCUT2D eigenvalue weighted by Crippen LogP contribution is 2.37. The Morgan fingerprint density at radius 3 is 2.08 bits per heavy atom. The first-order valence-corrected chi connectivity index (χ1v) is 10.0. The molecule has 0 radical (unpaired) electrons. The first kappa shape index (κ1) is 18.5. The lowest BCUT2D eigenvalue weighted by molar-refractivity contribution is 0.511. The van der Waals surface area contributed by atoms with E-state index in [1.807, 2.05) is 6.92 Å². The van der Waals surface area contributed by atoms with Gasteiger partial charge in [0.15, 0.2) is 21.5 Å². The van der Waals surface area contributed by atoms with Crippen LogP contribution in [0.3, 0.4) is 0 Å². The summed E-state index contributed by atoms with van der Waals surface area (Å²) in [6.45, 7) is 1.82. The zero-order chi connectivity index (χ0) is 19.1. The normalized spacial score (nSPS) is 11.6. The summed E-state index contributed by atoms with van der Waals surface area (Å²) in [5, 5.41) is 0.449. The third kappa shape index (κ3) is 3.50. The first-order valence-electron chi connectivity index (χ1n) is 7.73. The standard InChI is InChI=1S/C20H15ClF2O2S/c1-12-3-4-14(11-17(12)21)19-16(9-10-18(22)20(19)23)13-5-7-15(8-6-13)26(2,24)25/h3-11H,1-2H3. The van der Waals surface area contributed by atoms with Crippen molar-refractivity contribution in [2.24, 2.45) is 0 Å². The lowest BCUT2D eigenvalue weighted by atomic mass is 9.93. The Morgan fingerprint density at radius 2 is 1.50 bits per heavy atom. The van der Waals surface area contributed by atoms with E-state index in [1.165, 1.54) is 18.2 Å². The van der Waals surface area contributed by atoms with Gasteiger partial charge in [-0.25, -0.2) is 17.2 Å². The van der Waals surface area contributed by atoms with E-state index < -0.39 is 21.5 Å². The van der Waals surface area contributed by atoms with Gasteiger partial charge < -0.3 is 0 Å². The minimum atomic E-state index is -3.34. The van der Waals surface area contributed by atoms with Gasteiger partial charge >= 0.3 is 0 Å². The maximum Gasteiger partial charge on any atom is 0.175 e. The molecular weight excluding hydrogens is 378 g/mol. The predicted octanol–water partition coefficient (Wildman–Crippen LogP) is 5.66. The zero-order valence-electron chi connectivity index (χ0n) is 14.1. The van der Waals surface area contributed by atoms with E-state index in [0.717, 1.165) is 17.9 Å². The largest absolute Gasteiger partial charge is 0.224 e. The topological polar surface area (TPSA) is 34.1 Å². The first-order chi connectivity index (χ1) is 12.2. The fourth-order valence-electron chi connectivity index (χ4n) is 2.70. The Kier molecular flexibility index (Phi) is 4.86. The Labute approximate surface area is 156 Å². The van der Waals surface area contributed by atoms with Gasteiger partial charge in [-0.3, -0.25) is 0 Å². The fraction of sp³-hybridized carbons (Fsp3) is 0.100. The summed E-state index contributed by atoms with van der Waals surface area (Å²) in [6, 6.07) is 13.5. The van der Waals surface area contributed by atoms with E-state index in [0.29, 0.717) is 21.7 Å². The van der Waals surface area contributed by atoms with Crippen molar-refractivity contribution in [2.75, 3.05) is 6.26 Å². The van der Waals surface area contributed by atoms with Crippen LogP contribution in [0.2, 0.25) is 5.02 Å². The van der Waals surface area contributed by atoms with Crippen molar-refractivity contribution in [3.05, 3.63) is 76.8 Å². The number of hydrogen-bond acceptors (Lipinski definition) is 2. The number of aryl methyl sites for hydroxylation is 1. The monoisotopic (exact) mass is 392 g/mol. The van der Waals surface area contributed by atoms with E-state index in [9.17, 15) is 17.2 Å². The number of halogens is 3. The highest BCUT2D eigenvalue weighted by atomic mass is 35.5. The van der Waals surface area contributed by atoms with Crippen LogP contribution >= 0.6 is 11.6 Å². The molecule has 0 saturated carbocycles. The van der Waals surface area contributed by atoms with Crippen molar-refractivity contribution < 1.29 is 17.2 Å². The molecule has 3 aromatic carbocycles. The van der Waals surface area contributed by atoms with Crippen LogP contribution in [0.25, 0.3) is 22.3 Å². The predicted molar refractivity (Wildman–Crippen MR) is 100 cm³/mol. The summed E-state index contributed by atoms with van der Waals surface area (Å²) in [4.78, 5) is 0.156. The van der Waals surface area contributed by atoms with Crippen molar-refractivity contribution in [3.8, 4) is 22.3 Å². The van der Waals surface area contributed by atoms with E-state index >= 15 is 0 Å². The molecule has 26 heavy (non-hydrogen) atoms. The summed E-state index contributed by atoms with van der Waals surface area (Å²) in [5.41, 5.74) is 2.37. The fourth-order valence-corrected chi connectivity index (χ4v) is 3.51. The van der Waals surface area contributed by atoms with Crippen LogP contribution in [0.4, 0.5) is 8.78 Å². The van der Waals surface area contributed by atoms with Crippen molar-refractivity contribution in [3.63, 3.8) is 0 Å². The van der Waals surface area contributed by atoms with Gasteiger partial charge in [0.2, 0.25) is 0 Å². The summed E-state index contributed by atoms with van der Waals surface area (Å²) in [5.74, 6) is -1.94. The number of rotatable bonds is 3. The van der Waals surface area contributed by atoms with Gasteiger partial charge in [-0.15, -0.1) is 0 Å². The molecule has 0 aromatic heterocycles. The molecule has 3 aromatic rings. The van der Waals surface area contributed by atoms with Crippen LogP contribution in [-0.2, 0) is 9.84 Å². The molecule has 0 heterocycles. The van der Waals surface area contributed by atoms with E-state index in [2.05, 4.69) is 0 Å². The molecule has 2 nitrogen and oxygen atoms in total. The van der Waals surface area contributed by atoms with Crippen LogP contribution in [0.15, 0.2) is 59.5 Å². The van der Waals surface area contributed by atoms with Gasteiger partial charge in [0.1, 0.15) is 0 Å². The van der Waals surface area contributed by atoms with Gasteiger partial charge in [-0.1, -0.05) is 41.9 Å². The molecule has 0 aliphatic heterocycles. The molecule has 0 bridgehead atoms. The molecule has 0 spiro atoms. The number of hydrogen-bond donors (Lipinski definition) is 0. The Hall–Kier alpha value is -2.24. The maximum atomic E-state index is 14.6. The van der Waals surface area contributed by atoms with Gasteiger partial charge in [0.05, 0.1) is 4.90 Å². The van der Waals surface area contributed by atoms with Crippen LogP contribution in [0, 0.1) is 18.6 Å². The van der Waals surface area contributed by atoms with Crippen molar-refractivity contribution in [1.82, 2.24) is 0 Å². The summed E-state index contributed by atoms with van der Waals surface area (Å²) >= 11 is 6.14. The second kappa shape index (κ2) is 6.82. The summed E-state index contributed by atoms with van der Waals surface area (Å²) < 4.78 is 51.7. The molecule has 0 aliphatic rings. The van der Waals surface area contributed by atoms with Gasteiger partial charge in [0.25, 0.3) is 0 Å². The second-order valence-corrected chi connectivity index (χ2v) is 8.47. The van der Waals surface area contributed by atoms with Crippen LogP contribution in [0.1, 0.15) is 5.56 Å². The molecule has 0 N–H and O–H groups in total. The minimum Gasteiger partial charge on any atom is -0.224 e. The third-order valence-corrected chi connectivity index (χ3v) is 5.68. The van der Waals surface area contributed by atoms with Crippen molar-refractivity contribution in [2.45, 2.75) is 11.8 Å². The summed E-state index contributed by atoms with van der Waals surface area (Å²) in [6.07, 6.45) is 1.11. The molecule has 0 amide bonds. The van der Waals surface area contributed by atoms with Crippen molar-refractivity contribution in [1.29, 1.82) is 0 Å². The summed E-state index contributed by atoms with van der Waals surface area (Å²) in [7, 11) is -3.34. The molecule has 6 heteroatoms. The van der Waals surface area contributed by atoms with Gasteiger partial charge in [0, 0.05) is 16.8 Å². The molecule has 0 saturated heterocycles. The van der Waals surface area contributed by atoms with Crippen LogP contribution in [0.5, 0.6) is 0 Å². The van der Waals surface area contributed by atoms with Crippen LogP contribution in [-0.4, -0.2) is 14.7 Å². The quantitative estimate of drug-likeness (QED) is 0.576. The van der Waals surface area contributed by atoms with Crippen LogP contribution < -0.4 is 0 Å². The SMILES string of the molecule is Cc1ccc(-c2c(-c3ccc(S(C)(=O)=O)cc3)ccc(F)c2F)cc1Cl. The molecule has 0 unspecified atom stereocenters. The van der Waals surface area contributed by atoms with E-state index in [1.54, 1.807) is 30.3 Å². The molecular formula is C20H15ClF2O2S. The highest BCUT2D eigenvalue weighted by molar-refractivity contribution is 7.90. The maximum absolute atomic E-state index is 14.6. The molecule has 0 atom stereocenters. The Balaban J connectivity index is 2.22. The number of benzene rings is 3. The number of sulfone groups is 1. The van der Waals surface area contributed by atoms with E-state index in [-0.39, 0.29) is 10.5 Å².